The molecule has 4 nitrogen and oxygen atoms in total. The van der Waals surface area contributed by atoms with Crippen LogP contribution < -0.4 is 5.32 Å². The number of anilines is 1. The Morgan fingerprint density at radius 1 is 1.31 bits per heavy atom. The lowest BCUT2D eigenvalue weighted by molar-refractivity contribution is 1.06. The predicted molar refractivity (Wildman–Crippen MR) is 67.9 cm³/mol. The van der Waals surface area contributed by atoms with E-state index in [9.17, 15) is 0 Å². The van der Waals surface area contributed by atoms with Gasteiger partial charge in [0.05, 0.1) is 0 Å². The third kappa shape index (κ3) is 3.18. The highest BCUT2D eigenvalue weighted by Crippen LogP contribution is 2.23. The topological polar surface area (TPSA) is 50.7 Å². The van der Waals surface area contributed by atoms with Crippen LogP contribution in [-0.4, -0.2) is 21.5 Å². The number of thioether (sulfide) groups is 1. The monoisotopic (exact) mass is 252 g/mol. The molecule has 2 heterocycles. The summed E-state index contributed by atoms with van der Waals surface area (Å²) in [5.41, 5.74) is 1.11. The summed E-state index contributed by atoms with van der Waals surface area (Å²) >= 11 is 3.36. The van der Waals surface area contributed by atoms with Crippen LogP contribution in [0.5, 0.6) is 0 Å². The number of hydrogen-bond acceptors (Lipinski definition) is 6. The van der Waals surface area contributed by atoms with Gasteiger partial charge in [-0.3, -0.25) is 0 Å². The first-order valence-corrected chi connectivity index (χ1v) is 6.82. The second-order valence-corrected chi connectivity index (χ2v) is 5.15. The molecule has 2 aromatic rings. The third-order valence-electron chi connectivity index (χ3n) is 1.81. The molecule has 2 rings (SSSR count). The number of aromatic nitrogens is 3. The third-order valence-corrected chi connectivity index (χ3v) is 3.85. The minimum absolute atomic E-state index is 0.686. The first-order chi connectivity index (χ1) is 7.88. The highest BCUT2D eigenvalue weighted by molar-refractivity contribution is 8.00. The van der Waals surface area contributed by atoms with Crippen LogP contribution in [0.25, 0.3) is 0 Å². The lowest BCUT2D eigenvalue weighted by atomic mass is 10.4. The van der Waals surface area contributed by atoms with Crippen LogP contribution >= 0.6 is 23.1 Å². The van der Waals surface area contributed by atoms with Crippen molar-refractivity contribution in [2.75, 3.05) is 11.9 Å². The van der Waals surface area contributed by atoms with Crippen molar-refractivity contribution in [3.63, 3.8) is 0 Å². The molecule has 0 amide bonds. The van der Waals surface area contributed by atoms with Crippen molar-refractivity contribution in [1.82, 2.24) is 15.0 Å². The first kappa shape index (κ1) is 11.3. The summed E-state index contributed by atoms with van der Waals surface area (Å²) < 4.78 is 1.08. The molecule has 0 saturated carbocycles. The molecule has 0 saturated heterocycles. The standard InChI is InChI=1S/C10H12N4S2/c1-2-11-9-13-5-8(6-14-9)7-16-10-12-3-4-15-10/h3-6H,2,7H2,1H3,(H,11,13,14). The lowest BCUT2D eigenvalue weighted by Crippen LogP contribution is -2.01. The Kier molecular flexibility index (Phi) is 4.12. The normalized spacial score (nSPS) is 10.3. The van der Waals surface area contributed by atoms with E-state index in [-0.39, 0.29) is 0 Å². The molecule has 0 aliphatic carbocycles. The maximum absolute atomic E-state index is 4.22. The maximum atomic E-state index is 4.22. The molecular weight excluding hydrogens is 240 g/mol. The summed E-state index contributed by atoms with van der Waals surface area (Å²) in [6.45, 7) is 2.86. The Hall–Kier alpha value is -1.14. The van der Waals surface area contributed by atoms with E-state index in [1.54, 1.807) is 23.1 Å². The second kappa shape index (κ2) is 5.81. The SMILES string of the molecule is CCNc1ncc(CSc2nccs2)cn1. The number of thiazole rings is 1. The largest absolute Gasteiger partial charge is 0.355 e. The Bertz CT molecular complexity index is 413. The Balaban J connectivity index is 1.90. The predicted octanol–water partition coefficient (Wildman–Crippen LogP) is 2.66. The average Bonchev–Trinajstić information content (AvgIpc) is 2.82. The van der Waals surface area contributed by atoms with Gasteiger partial charge in [0.1, 0.15) is 4.34 Å². The number of hydrogen-bond donors (Lipinski definition) is 1. The molecule has 0 bridgehead atoms. The van der Waals surface area contributed by atoms with Gasteiger partial charge in [0.25, 0.3) is 0 Å². The zero-order valence-electron chi connectivity index (χ0n) is 8.88. The second-order valence-electron chi connectivity index (χ2n) is 3.03. The molecular formula is C10H12N4S2. The van der Waals surface area contributed by atoms with Gasteiger partial charge < -0.3 is 5.32 Å². The minimum Gasteiger partial charge on any atom is -0.355 e. The van der Waals surface area contributed by atoms with Gasteiger partial charge >= 0.3 is 0 Å². The molecule has 0 radical (unpaired) electrons. The van der Waals surface area contributed by atoms with Crippen LogP contribution in [0.1, 0.15) is 12.5 Å². The molecule has 84 valence electrons. The van der Waals surface area contributed by atoms with E-state index in [1.165, 1.54) is 0 Å². The van der Waals surface area contributed by atoms with Crippen molar-refractivity contribution >= 4 is 29.0 Å². The lowest BCUT2D eigenvalue weighted by Gasteiger charge is -2.02. The highest BCUT2D eigenvalue weighted by Gasteiger charge is 2.00. The van der Waals surface area contributed by atoms with Gasteiger partial charge in [-0.15, -0.1) is 11.3 Å². The molecule has 1 N–H and O–H groups in total. The fraction of sp³-hybridized carbons (Fsp3) is 0.300. The van der Waals surface area contributed by atoms with E-state index in [2.05, 4.69) is 20.3 Å². The smallest absolute Gasteiger partial charge is 0.222 e. The summed E-state index contributed by atoms with van der Waals surface area (Å²) in [6.07, 6.45) is 5.52. The van der Waals surface area contributed by atoms with Gasteiger partial charge in [0.2, 0.25) is 5.95 Å². The summed E-state index contributed by atoms with van der Waals surface area (Å²) in [7, 11) is 0. The van der Waals surface area contributed by atoms with Crippen LogP contribution in [0, 0.1) is 0 Å². The van der Waals surface area contributed by atoms with Crippen molar-refractivity contribution in [3.05, 3.63) is 29.5 Å². The number of rotatable bonds is 5. The molecule has 0 aliphatic heterocycles. The van der Waals surface area contributed by atoms with Crippen molar-refractivity contribution in [2.24, 2.45) is 0 Å². The molecule has 0 atom stereocenters. The van der Waals surface area contributed by atoms with Crippen LogP contribution in [0.15, 0.2) is 28.3 Å². The molecule has 0 unspecified atom stereocenters. The molecule has 0 aromatic carbocycles. The summed E-state index contributed by atoms with van der Waals surface area (Å²) in [4.78, 5) is 12.6. The first-order valence-electron chi connectivity index (χ1n) is 4.95. The Labute approximate surface area is 103 Å². The van der Waals surface area contributed by atoms with Gasteiger partial charge in [-0.1, -0.05) is 11.8 Å². The van der Waals surface area contributed by atoms with Gasteiger partial charge in [-0.25, -0.2) is 15.0 Å². The molecule has 0 aliphatic rings. The molecule has 0 fully saturated rings. The summed E-state index contributed by atoms with van der Waals surface area (Å²) in [5, 5.41) is 5.04. The average molecular weight is 252 g/mol. The highest BCUT2D eigenvalue weighted by atomic mass is 32.2. The van der Waals surface area contributed by atoms with Gasteiger partial charge in [0, 0.05) is 36.3 Å². The Morgan fingerprint density at radius 2 is 2.12 bits per heavy atom. The van der Waals surface area contributed by atoms with Crippen molar-refractivity contribution < 1.29 is 0 Å². The molecule has 0 spiro atoms. The fourth-order valence-electron chi connectivity index (χ4n) is 1.11. The quantitative estimate of drug-likeness (QED) is 0.829. The fourth-order valence-corrected chi connectivity index (χ4v) is 2.66. The van der Waals surface area contributed by atoms with Gasteiger partial charge in [-0.2, -0.15) is 0 Å². The number of nitrogens with zero attached hydrogens (tertiary/aromatic N) is 3. The molecule has 6 heteroatoms. The molecule has 16 heavy (non-hydrogen) atoms. The van der Waals surface area contributed by atoms with Crippen molar-refractivity contribution in [3.8, 4) is 0 Å². The van der Waals surface area contributed by atoms with Crippen LogP contribution in [0.4, 0.5) is 5.95 Å². The van der Waals surface area contributed by atoms with Gasteiger partial charge in [0.15, 0.2) is 0 Å². The van der Waals surface area contributed by atoms with Crippen LogP contribution in [0.3, 0.4) is 0 Å². The van der Waals surface area contributed by atoms with Crippen molar-refractivity contribution in [2.45, 2.75) is 17.0 Å². The maximum Gasteiger partial charge on any atom is 0.222 e. The minimum atomic E-state index is 0.686. The van der Waals surface area contributed by atoms with E-state index < -0.39 is 0 Å². The van der Waals surface area contributed by atoms with E-state index in [1.807, 2.05) is 30.9 Å². The Morgan fingerprint density at radius 3 is 2.75 bits per heavy atom. The number of nitrogens with one attached hydrogen (secondary N) is 1. The van der Waals surface area contributed by atoms with Gasteiger partial charge in [-0.05, 0) is 12.5 Å². The van der Waals surface area contributed by atoms with E-state index in [0.29, 0.717) is 5.95 Å². The van der Waals surface area contributed by atoms with Crippen LogP contribution in [-0.2, 0) is 5.75 Å². The summed E-state index contributed by atoms with van der Waals surface area (Å²) in [5.74, 6) is 1.55. The zero-order chi connectivity index (χ0) is 11.2. The van der Waals surface area contributed by atoms with Crippen LogP contribution in [0.2, 0.25) is 0 Å². The van der Waals surface area contributed by atoms with E-state index >= 15 is 0 Å². The summed E-state index contributed by atoms with van der Waals surface area (Å²) in [6, 6.07) is 0. The van der Waals surface area contributed by atoms with Crippen molar-refractivity contribution in [1.29, 1.82) is 0 Å². The molecule has 2 aromatic heterocycles. The van der Waals surface area contributed by atoms with E-state index in [0.717, 1.165) is 22.2 Å². The van der Waals surface area contributed by atoms with E-state index in [4.69, 9.17) is 0 Å². The zero-order valence-corrected chi connectivity index (χ0v) is 10.5.